The Morgan fingerprint density at radius 1 is 1.29 bits per heavy atom. The molecule has 0 aliphatic carbocycles. The topological polar surface area (TPSA) is 117 Å². The monoisotopic (exact) mass is 498 g/mol. The van der Waals surface area contributed by atoms with E-state index in [1.807, 2.05) is 13.8 Å². The van der Waals surface area contributed by atoms with Crippen LogP contribution in [-0.4, -0.2) is 47.7 Å². The van der Waals surface area contributed by atoms with Gasteiger partial charge in [0.1, 0.15) is 29.5 Å². The minimum Gasteiger partial charge on any atom is -0.496 e. The highest BCUT2D eigenvalue weighted by atomic mass is 35.5. The van der Waals surface area contributed by atoms with Crippen LogP contribution >= 0.6 is 11.6 Å². The number of nitrogens with zero attached hydrogens (tertiary/aromatic N) is 3. The quantitative estimate of drug-likeness (QED) is 0.390. The van der Waals surface area contributed by atoms with Crippen molar-refractivity contribution in [1.29, 1.82) is 5.41 Å². The molecule has 35 heavy (non-hydrogen) atoms. The van der Waals surface area contributed by atoms with Crippen LogP contribution < -0.4 is 15.8 Å². The molecule has 1 amide bonds. The predicted molar refractivity (Wildman–Crippen MR) is 137 cm³/mol. The van der Waals surface area contributed by atoms with Crippen LogP contribution in [0.1, 0.15) is 46.9 Å². The van der Waals surface area contributed by atoms with Gasteiger partial charge in [0.2, 0.25) is 0 Å². The molecule has 8 nitrogen and oxygen atoms in total. The van der Waals surface area contributed by atoms with Gasteiger partial charge in [0.15, 0.2) is 0 Å². The number of carbonyl (C=O) groups excluding carboxylic acids is 1. The van der Waals surface area contributed by atoms with Crippen LogP contribution in [-0.2, 0) is 0 Å². The summed E-state index contributed by atoms with van der Waals surface area (Å²) in [7, 11) is 4.66. The summed E-state index contributed by atoms with van der Waals surface area (Å²) in [6.07, 6.45) is 1.32. The summed E-state index contributed by atoms with van der Waals surface area (Å²) >= 11 is 6.60. The van der Waals surface area contributed by atoms with Gasteiger partial charge in [0, 0.05) is 36.0 Å². The molecule has 0 spiro atoms. The van der Waals surface area contributed by atoms with Crippen LogP contribution in [0, 0.1) is 18.2 Å². The van der Waals surface area contributed by atoms with Crippen LogP contribution in [0.5, 0.6) is 5.75 Å². The average molecular weight is 499 g/mol. The Balaban J connectivity index is 2.13. The van der Waals surface area contributed by atoms with E-state index in [4.69, 9.17) is 27.5 Å². The van der Waals surface area contributed by atoms with E-state index in [0.29, 0.717) is 44.4 Å². The zero-order valence-corrected chi connectivity index (χ0v) is 21.2. The van der Waals surface area contributed by atoms with Crippen LogP contribution in [0.15, 0.2) is 30.6 Å². The van der Waals surface area contributed by atoms with Gasteiger partial charge in [-0.1, -0.05) is 17.7 Å². The number of rotatable bonds is 7. The fourth-order valence-corrected chi connectivity index (χ4v) is 4.09. The molecule has 1 unspecified atom stereocenters. The number of anilines is 2. The Labute approximate surface area is 208 Å². The number of aromatic nitrogens is 2. The summed E-state index contributed by atoms with van der Waals surface area (Å²) in [6.45, 7) is 5.31. The standard InChI is InChI=1S/C25H28ClFN6O2/c1-12-18(26)10-17(14(3)32-24-21(13(2)28)23(29)30-11-31-24)22(35-6)20(12)15-7-8-16(19(27)9-15)25(34)33(4)5/h7-11,14,28H,1-6H3,(H3,29,30,31,32). The normalized spacial score (nSPS) is 11.7. The van der Waals surface area contributed by atoms with Crippen molar-refractivity contribution in [2.75, 3.05) is 32.3 Å². The number of halogens is 2. The lowest BCUT2D eigenvalue weighted by Crippen LogP contribution is -2.22. The number of nitrogens with one attached hydrogen (secondary N) is 2. The lowest BCUT2D eigenvalue weighted by atomic mass is 9.93. The second kappa shape index (κ2) is 10.3. The van der Waals surface area contributed by atoms with Gasteiger partial charge in [-0.15, -0.1) is 0 Å². The van der Waals surface area contributed by atoms with E-state index in [1.165, 1.54) is 30.5 Å². The molecular weight excluding hydrogens is 471 g/mol. The second-order valence-electron chi connectivity index (χ2n) is 8.35. The van der Waals surface area contributed by atoms with Crippen molar-refractivity contribution in [3.63, 3.8) is 0 Å². The minimum atomic E-state index is -0.641. The highest BCUT2D eigenvalue weighted by molar-refractivity contribution is 6.32. The van der Waals surface area contributed by atoms with Crippen LogP contribution in [0.4, 0.5) is 16.0 Å². The molecule has 0 saturated carbocycles. The molecule has 0 saturated heterocycles. The number of ether oxygens (including phenoxy) is 1. The van der Waals surface area contributed by atoms with Gasteiger partial charge in [-0.25, -0.2) is 14.4 Å². The van der Waals surface area contributed by atoms with Gasteiger partial charge in [-0.05, 0) is 50.1 Å². The largest absolute Gasteiger partial charge is 0.496 e. The second-order valence-corrected chi connectivity index (χ2v) is 8.76. The SMILES string of the molecule is COc1c(C(C)Nc2ncnc(N)c2C(C)=N)cc(Cl)c(C)c1-c1ccc(C(=O)N(C)C)c(F)c1. The van der Waals surface area contributed by atoms with Crippen molar-refractivity contribution in [3.05, 3.63) is 63.7 Å². The molecule has 0 bridgehead atoms. The summed E-state index contributed by atoms with van der Waals surface area (Å²) in [5.41, 5.74) is 9.08. The van der Waals surface area contributed by atoms with Crippen molar-refractivity contribution in [1.82, 2.24) is 14.9 Å². The zero-order valence-electron chi connectivity index (χ0n) is 20.5. The number of carbonyl (C=O) groups is 1. The Morgan fingerprint density at radius 2 is 1.97 bits per heavy atom. The first-order chi connectivity index (χ1) is 16.5. The third-order valence-corrected chi connectivity index (χ3v) is 6.07. The van der Waals surface area contributed by atoms with Crippen molar-refractivity contribution in [2.45, 2.75) is 26.8 Å². The van der Waals surface area contributed by atoms with E-state index < -0.39 is 11.7 Å². The summed E-state index contributed by atoms with van der Waals surface area (Å²) < 4.78 is 20.7. The molecular formula is C25H28ClFN6O2. The highest BCUT2D eigenvalue weighted by Crippen LogP contribution is 2.43. The number of hydrogen-bond donors (Lipinski definition) is 3. The lowest BCUT2D eigenvalue weighted by molar-refractivity contribution is 0.0823. The van der Waals surface area contributed by atoms with Crippen molar-refractivity contribution < 1.29 is 13.9 Å². The number of nitrogens with two attached hydrogens (primary N) is 1. The molecule has 0 radical (unpaired) electrons. The first-order valence-electron chi connectivity index (χ1n) is 10.8. The highest BCUT2D eigenvalue weighted by Gasteiger charge is 2.24. The van der Waals surface area contributed by atoms with Crippen molar-refractivity contribution in [2.24, 2.45) is 0 Å². The first-order valence-corrected chi connectivity index (χ1v) is 11.2. The Bertz CT molecular complexity index is 1310. The lowest BCUT2D eigenvalue weighted by Gasteiger charge is -2.24. The van der Waals surface area contributed by atoms with Gasteiger partial charge in [-0.3, -0.25) is 4.79 Å². The molecule has 4 N–H and O–H groups in total. The molecule has 184 valence electrons. The molecule has 1 heterocycles. The Hall–Kier alpha value is -3.72. The molecule has 0 aliphatic heterocycles. The zero-order chi connectivity index (χ0) is 26.0. The van der Waals surface area contributed by atoms with Crippen LogP contribution in [0.3, 0.4) is 0 Å². The van der Waals surface area contributed by atoms with E-state index in [-0.39, 0.29) is 23.1 Å². The fourth-order valence-electron chi connectivity index (χ4n) is 3.88. The molecule has 10 heteroatoms. The van der Waals surface area contributed by atoms with Gasteiger partial charge < -0.3 is 26.1 Å². The number of hydrogen-bond acceptors (Lipinski definition) is 7. The third kappa shape index (κ3) is 5.05. The van der Waals surface area contributed by atoms with Gasteiger partial charge in [0.05, 0.1) is 24.3 Å². The molecule has 0 fully saturated rings. The number of amides is 1. The Morgan fingerprint density at radius 3 is 2.54 bits per heavy atom. The predicted octanol–water partition coefficient (Wildman–Crippen LogP) is 5.10. The van der Waals surface area contributed by atoms with Gasteiger partial charge in [-0.2, -0.15) is 0 Å². The number of methoxy groups -OCH3 is 1. The smallest absolute Gasteiger partial charge is 0.256 e. The summed E-state index contributed by atoms with van der Waals surface area (Å²) in [6, 6.07) is 5.83. The molecule has 1 atom stereocenters. The molecule has 1 aromatic heterocycles. The summed E-state index contributed by atoms with van der Waals surface area (Å²) in [4.78, 5) is 21.8. The van der Waals surface area contributed by atoms with Gasteiger partial charge in [0.25, 0.3) is 5.91 Å². The summed E-state index contributed by atoms with van der Waals surface area (Å²) in [5.74, 6) is 0.0184. The molecule has 3 aromatic rings. The van der Waals surface area contributed by atoms with E-state index in [2.05, 4.69) is 15.3 Å². The maximum absolute atomic E-state index is 14.9. The van der Waals surface area contributed by atoms with E-state index in [1.54, 1.807) is 33.2 Å². The maximum atomic E-state index is 14.9. The summed E-state index contributed by atoms with van der Waals surface area (Å²) in [5, 5.41) is 11.8. The first kappa shape index (κ1) is 25.9. The van der Waals surface area contributed by atoms with Gasteiger partial charge >= 0.3 is 0 Å². The van der Waals surface area contributed by atoms with Crippen LogP contribution in [0.25, 0.3) is 11.1 Å². The molecule has 0 aliphatic rings. The number of nitrogen functional groups attached to an aromatic ring is 1. The van der Waals surface area contributed by atoms with Crippen LogP contribution in [0.2, 0.25) is 5.02 Å². The van der Waals surface area contributed by atoms with E-state index >= 15 is 0 Å². The molecule has 3 rings (SSSR count). The maximum Gasteiger partial charge on any atom is 0.256 e. The van der Waals surface area contributed by atoms with Crippen molar-refractivity contribution >= 4 is 34.9 Å². The van der Waals surface area contributed by atoms with E-state index in [0.717, 1.165) is 0 Å². The van der Waals surface area contributed by atoms with Crippen molar-refractivity contribution in [3.8, 4) is 16.9 Å². The van der Waals surface area contributed by atoms with E-state index in [9.17, 15) is 9.18 Å². The number of benzene rings is 2. The minimum absolute atomic E-state index is 0.0245. The Kier molecular flexibility index (Phi) is 7.60. The molecule has 2 aromatic carbocycles. The third-order valence-electron chi connectivity index (χ3n) is 5.67. The average Bonchev–Trinajstić information content (AvgIpc) is 2.79. The fraction of sp³-hybridized carbons (Fsp3) is 0.280.